The van der Waals surface area contributed by atoms with Gasteiger partial charge >= 0.3 is 11.6 Å². The smallest absolute Gasteiger partial charge is 0.338 e. The van der Waals surface area contributed by atoms with Gasteiger partial charge in [0.05, 0.1) is 23.6 Å². The predicted molar refractivity (Wildman–Crippen MR) is 146 cm³/mol. The Bertz CT molecular complexity index is 1360. The highest BCUT2D eigenvalue weighted by Crippen LogP contribution is 2.70. The topological polar surface area (TPSA) is 109 Å². The molecule has 1 heterocycles. The summed E-state index contributed by atoms with van der Waals surface area (Å²) in [6, 6.07) is 10.2. The molecule has 3 fully saturated rings. The lowest BCUT2D eigenvalue weighted by atomic mass is 9.45. The molecule has 2 N–H and O–H groups in total. The van der Waals surface area contributed by atoms with Crippen LogP contribution in [-0.4, -0.2) is 34.2 Å². The van der Waals surface area contributed by atoms with E-state index < -0.39 is 5.60 Å². The molecule has 7 atom stereocenters. The van der Waals surface area contributed by atoms with E-state index in [1.54, 1.807) is 30.5 Å². The summed E-state index contributed by atoms with van der Waals surface area (Å²) in [6.07, 6.45) is 12.0. The van der Waals surface area contributed by atoms with Crippen molar-refractivity contribution < 1.29 is 24.3 Å². The van der Waals surface area contributed by atoms with Crippen molar-refractivity contribution in [3.8, 4) is 0 Å². The summed E-state index contributed by atoms with van der Waals surface area (Å²) in [5.74, 6) is 0.440. The third-order valence-electron chi connectivity index (χ3n) is 11.0. The zero-order valence-corrected chi connectivity index (χ0v) is 22.6. The summed E-state index contributed by atoms with van der Waals surface area (Å²) >= 11 is 0. The third kappa shape index (κ3) is 4.08. The molecule has 0 radical (unpaired) electrons. The Morgan fingerprint density at radius 3 is 2.54 bits per heavy atom. The van der Waals surface area contributed by atoms with Crippen LogP contribution in [0.5, 0.6) is 0 Å². The van der Waals surface area contributed by atoms with Gasteiger partial charge in [0.2, 0.25) is 0 Å². The molecule has 0 saturated heterocycles. The van der Waals surface area contributed by atoms with Crippen LogP contribution in [0.4, 0.5) is 0 Å². The fraction of sp³-hybridized carbons (Fsp3) is 0.531. The van der Waals surface area contributed by atoms with Gasteiger partial charge in [-0.05, 0) is 110 Å². The Morgan fingerprint density at radius 2 is 1.82 bits per heavy atom. The van der Waals surface area contributed by atoms with Crippen LogP contribution in [0.2, 0.25) is 0 Å². The van der Waals surface area contributed by atoms with Gasteiger partial charge in [0.1, 0.15) is 6.10 Å². The number of nitrogens with zero attached hydrogens (tertiary/aromatic N) is 1. The number of aliphatic hydroxyl groups is 1. The van der Waals surface area contributed by atoms with Gasteiger partial charge in [0.25, 0.3) is 0 Å². The highest BCUT2D eigenvalue weighted by Gasteiger charge is 2.66. The third-order valence-corrected chi connectivity index (χ3v) is 11.0. The number of carbonyl (C=O) groups is 1. The summed E-state index contributed by atoms with van der Waals surface area (Å²) in [4.78, 5) is 24.4. The molecule has 39 heavy (non-hydrogen) atoms. The second-order valence-corrected chi connectivity index (χ2v) is 12.6. The van der Waals surface area contributed by atoms with Crippen LogP contribution in [0.15, 0.2) is 68.7 Å². The maximum Gasteiger partial charge on any atom is 0.338 e. The zero-order chi connectivity index (χ0) is 27.4. The van der Waals surface area contributed by atoms with Crippen molar-refractivity contribution in [2.24, 2.45) is 27.8 Å². The Kier molecular flexibility index (Phi) is 6.33. The first kappa shape index (κ1) is 26.1. The Morgan fingerprint density at radius 1 is 1.03 bits per heavy atom. The monoisotopic (exact) mass is 531 g/mol. The Labute approximate surface area is 228 Å². The van der Waals surface area contributed by atoms with Crippen molar-refractivity contribution >= 4 is 12.2 Å². The molecule has 0 spiro atoms. The molecule has 3 saturated carbocycles. The van der Waals surface area contributed by atoms with E-state index in [1.165, 1.54) is 17.9 Å². The second kappa shape index (κ2) is 9.47. The predicted octanol–water partition coefficient (Wildman–Crippen LogP) is 5.83. The summed E-state index contributed by atoms with van der Waals surface area (Å²) < 4.78 is 11.1. The van der Waals surface area contributed by atoms with Crippen LogP contribution in [0.3, 0.4) is 0 Å². The van der Waals surface area contributed by atoms with E-state index in [0.717, 1.165) is 56.9 Å². The minimum atomic E-state index is -0.749. The van der Waals surface area contributed by atoms with Crippen molar-refractivity contribution in [1.29, 1.82) is 0 Å². The molecule has 2 unspecified atom stereocenters. The number of hydrogen-bond donors (Lipinski definition) is 2. The SMILES string of the molecule is C[C@]12CC[C@H](OC(=O)c3ccc(C=NO)cc3)C=C1CCC1C2CC[C@]2(C)[C@@H](c3ccc(=O)oc3)CC[C@]12O. The minimum absolute atomic E-state index is 0.00815. The fourth-order valence-electron chi connectivity index (χ4n) is 8.84. The van der Waals surface area contributed by atoms with Crippen LogP contribution >= 0.6 is 0 Å². The summed E-state index contributed by atoms with van der Waals surface area (Å²) in [5.41, 5.74) is 2.22. The van der Waals surface area contributed by atoms with Crippen molar-refractivity contribution in [1.82, 2.24) is 0 Å². The lowest BCUT2D eigenvalue weighted by Gasteiger charge is -2.61. The van der Waals surface area contributed by atoms with E-state index in [4.69, 9.17) is 14.4 Å². The van der Waals surface area contributed by atoms with Gasteiger partial charge < -0.3 is 19.5 Å². The van der Waals surface area contributed by atoms with Crippen LogP contribution in [0.25, 0.3) is 0 Å². The first-order chi connectivity index (χ1) is 18.7. The highest BCUT2D eigenvalue weighted by molar-refractivity contribution is 5.91. The first-order valence-corrected chi connectivity index (χ1v) is 14.2. The molecule has 0 aliphatic heterocycles. The second-order valence-electron chi connectivity index (χ2n) is 12.6. The van der Waals surface area contributed by atoms with Crippen LogP contribution < -0.4 is 5.63 Å². The maximum atomic E-state index is 12.8. The van der Waals surface area contributed by atoms with E-state index in [2.05, 4.69) is 25.1 Å². The summed E-state index contributed by atoms with van der Waals surface area (Å²) in [5, 5.41) is 24.1. The molecular formula is C32H37NO6. The van der Waals surface area contributed by atoms with Crippen molar-refractivity contribution in [3.63, 3.8) is 0 Å². The normalized spacial score (nSPS) is 37.5. The zero-order valence-electron chi connectivity index (χ0n) is 22.6. The van der Waals surface area contributed by atoms with Crippen LogP contribution in [0.1, 0.15) is 92.6 Å². The number of allylic oxidation sites excluding steroid dienone is 1. The van der Waals surface area contributed by atoms with E-state index in [0.29, 0.717) is 17.0 Å². The first-order valence-electron chi connectivity index (χ1n) is 14.2. The van der Waals surface area contributed by atoms with Gasteiger partial charge in [-0.3, -0.25) is 0 Å². The number of esters is 1. The molecule has 206 valence electrons. The average Bonchev–Trinajstić information content (AvgIpc) is 3.21. The Hall–Kier alpha value is -3.19. The fourth-order valence-corrected chi connectivity index (χ4v) is 8.84. The molecule has 6 rings (SSSR count). The Balaban J connectivity index is 1.20. The van der Waals surface area contributed by atoms with Gasteiger partial charge in [-0.15, -0.1) is 0 Å². The minimum Gasteiger partial charge on any atom is -0.455 e. The van der Waals surface area contributed by atoms with Gasteiger partial charge in [-0.25, -0.2) is 9.59 Å². The van der Waals surface area contributed by atoms with Gasteiger partial charge in [0, 0.05) is 11.5 Å². The quantitative estimate of drug-likeness (QED) is 0.169. The van der Waals surface area contributed by atoms with Crippen molar-refractivity contribution in [3.05, 3.63) is 81.4 Å². The van der Waals surface area contributed by atoms with Crippen molar-refractivity contribution in [2.75, 3.05) is 0 Å². The molecule has 0 amide bonds. The lowest BCUT2D eigenvalue weighted by molar-refractivity contribution is -0.178. The molecule has 1 aromatic carbocycles. The standard InChI is InChI=1S/C32H37NO6/c1-30-14-11-24(39-29(35)21-5-3-20(4-6-21)18-33-37)17-23(30)8-9-27-26(30)12-15-31(2)25(13-16-32(27,31)36)22-7-10-28(34)38-19-22/h3-7,10,17-19,24-27,36-37H,8-9,11-16H2,1-2H3/t24-,25+,26?,27?,30-,31+,32-/m0/s1. The molecule has 1 aromatic heterocycles. The highest BCUT2D eigenvalue weighted by atomic mass is 16.5. The maximum absolute atomic E-state index is 12.8. The molecule has 7 nitrogen and oxygen atoms in total. The molecule has 4 aliphatic carbocycles. The van der Waals surface area contributed by atoms with Gasteiger partial charge in [-0.2, -0.15) is 0 Å². The number of oxime groups is 1. The van der Waals surface area contributed by atoms with E-state index >= 15 is 0 Å². The average molecular weight is 532 g/mol. The van der Waals surface area contributed by atoms with Crippen LogP contribution in [-0.2, 0) is 4.74 Å². The molecule has 2 aromatic rings. The van der Waals surface area contributed by atoms with Gasteiger partial charge in [-0.1, -0.05) is 36.7 Å². The lowest BCUT2D eigenvalue weighted by Crippen LogP contribution is -2.60. The number of carbonyl (C=O) groups excluding carboxylic acids is 1. The number of fused-ring (bicyclic) bond motifs is 5. The summed E-state index contributed by atoms with van der Waals surface area (Å²) in [6.45, 7) is 4.61. The summed E-state index contributed by atoms with van der Waals surface area (Å²) in [7, 11) is 0. The molecule has 0 bridgehead atoms. The number of rotatable bonds is 4. The largest absolute Gasteiger partial charge is 0.455 e. The van der Waals surface area contributed by atoms with E-state index in [-0.39, 0.29) is 40.4 Å². The van der Waals surface area contributed by atoms with Crippen molar-refractivity contribution in [2.45, 2.75) is 82.8 Å². The van der Waals surface area contributed by atoms with E-state index in [9.17, 15) is 14.7 Å². The van der Waals surface area contributed by atoms with Crippen LogP contribution in [0, 0.1) is 22.7 Å². The number of benzene rings is 1. The van der Waals surface area contributed by atoms with Gasteiger partial charge in [0.15, 0.2) is 0 Å². The number of ether oxygens (including phenoxy) is 1. The number of hydrogen-bond acceptors (Lipinski definition) is 7. The molecule has 4 aliphatic rings. The van der Waals surface area contributed by atoms with E-state index in [1.807, 2.05) is 6.07 Å². The molecular weight excluding hydrogens is 494 g/mol. The molecule has 7 heteroatoms.